The van der Waals surface area contributed by atoms with E-state index >= 15 is 0 Å². The maximum Gasteiger partial charge on any atom is 0.127 e. The van der Waals surface area contributed by atoms with E-state index in [1.807, 2.05) is 38.2 Å². The molecule has 2 aromatic carbocycles. The minimum atomic E-state index is -0.158. The lowest BCUT2D eigenvalue weighted by atomic mass is 10.1. The summed E-state index contributed by atoms with van der Waals surface area (Å²) in [4.78, 5) is 2.13. The largest absolute Gasteiger partial charge is 0.326 e. The average molecular weight is 351 g/mol. The standard InChI is InChI=1S/C17H20BrFN2/c1-12(15-5-3-4-6-17(15)19)21(2)11-14-8-7-13(10-20)9-16(14)18/h3-9,12H,10-11,20H2,1-2H3. The van der Waals surface area contributed by atoms with Crippen LogP contribution < -0.4 is 5.73 Å². The van der Waals surface area contributed by atoms with Crippen molar-refractivity contribution in [1.29, 1.82) is 0 Å². The molecular formula is C17H20BrFN2. The highest BCUT2D eigenvalue weighted by Gasteiger charge is 2.16. The summed E-state index contributed by atoms with van der Waals surface area (Å²) < 4.78 is 14.9. The summed E-state index contributed by atoms with van der Waals surface area (Å²) >= 11 is 3.58. The Labute approximate surface area is 133 Å². The molecule has 2 nitrogen and oxygen atoms in total. The SMILES string of the molecule is CC(c1ccccc1F)N(C)Cc1ccc(CN)cc1Br. The fraction of sp³-hybridized carbons (Fsp3) is 0.294. The second-order valence-electron chi connectivity index (χ2n) is 5.24. The molecule has 0 radical (unpaired) electrons. The van der Waals surface area contributed by atoms with Crippen molar-refractivity contribution in [2.75, 3.05) is 7.05 Å². The van der Waals surface area contributed by atoms with Crippen LogP contribution in [0.3, 0.4) is 0 Å². The van der Waals surface area contributed by atoms with Crippen LogP contribution in [0.2, 0.25) is 0 Å². The summed E-state index contributed by atoms with van der Waals surface area (Å²) in [5.41, 5.74) is 8.61. The van der Waals surface area contributed by atoms with Crippen LogP contribution in [0.15, 0.2) is 46.9 Å². The van der Waals surface area contributed by atoms with E-state index in [1.165, 1.54) is 6.07 Å². The van der Waals surface area contributed by atoms with Gasteiger partial charge in [0, 0.05) is 29.2 Å². The van der Waals surface area contributed by atoms with Gasteiger partial charge < -0.3 is 5.73 Å². The number of rotatable bonds is 5. The molecule has 0 amide bonds. The highest BCUT2D eigenvalue weighted by atomic mass is 79.9. The molecule has 2 rings (SSSR count). The van der Waals surface area contributed by atoms with Gasteiger partial charge in [-0.25, -0.2) is 4.39 Å². The highest BCUT2D eigenvalue weighted by molar-refractivity contribution is 9.10. The molecule has 0 saturated heterocycles. The summed E-state index contributed by atoms with van der Waals surface area (Å²) in [5, 5.41) is 0. The molecule has 1 unspecified atom stereocenters. The van der Waals surface area contributed by atoms with Crippen molar-refractivity contribution in [3.05, 3.63) is 69.4 Å². The van der Waals surface area contributed by atoms with Gasteiger partial charge in [-0.1, -0.05) is 46.3 Å². The van der Waals surface area contributed by atoms with Gasteiger partial charge in [-0.3, -0.25) is 4.90 Å². The summed E-state index contributed by atoms with van der Waals surface area (Å²) in [6.45, 7) is 3.28. The lowest BCUT2D eigenvalue weighted by Gasteiger charge is -2.26. The predicted octanol–water partition coefficient (Wildman–Crippen LogP) is 4.24. The fourth-order valence-corrected chi connectivity index (χ4v) is 2.85. The number of halogens is 2. The second kappa shape index (κ2) is 7.16. The van der Waals surface area contributed by atoms with Crippen LogP contribution in [0.5, 0.6) is 0 Å². The Morgan fingerprint density at radius 1 is 1.24 bits per heavy atom. The summed E-state index contributed by atoms with van der Waals surface area (Å²) in [7, 11) is 2.00. The summed E-state index contributed by atoms with van der Waals surface area (Å²) in [6.07, 6.45) is 0. The van der Waals surface area contributed by atoms with Gasteiger partial charge in [0.25, 0.3) is 0 Å². The van der Waals surface area contributed by atoms with E-state index < -0.39 is 0 Å². The molecule has 0 aliphatic rings. The third-order valence-electron chi connectivity index (χ3n) is 3.79. The molecule has 4 heteroatoms. The zero-order valence-electron chi connectivity index (χ0n) is 12.3. The van der Waals surface area contributed by atoms with Crippen molar-refractivity contribution < 1.29 is 4.39 Å². The molecule has 2 aromatic rings. The summed E-state index contributed by atoms with van der Waals surface area (Å²) in [6, 6.07) is 13.1. The van der Waals surface area contributed by atoms with Crippen LogP contribution >= 0.6 is 15.9 Å². The van der Waals surface area contributed by atoms with Gasteiger partial charge in [0.1, 0.15) is 5.82 Å². The van der Waals surface area contributed by atoms with Crippen molar-refractivity contribution in [3.8, 4) is 0 Å². The van der Waals surface area contributed by atoms with Crippen LogP contribution in [0, 0.1) is 5.82 Å². The van der Waals surface area contributed by atoms with Gasteiger partial charge in [-0.15, -0.1) is 0 Å². The van der Waals surface area contributed by atoms with E-state index in [4.69, 9.17) is 5.73 Å². The minimum absolute atomic E-state index is 0.00675. The van der Waals surface area contributed by atoms with Gasteiger partial charge in [0.2, 0.25) is 0 Å². The lowest BCUT2D eigenvalue weighted by Crippen LogP contribution is -2.23. The quantitative estimate of drug-likeness (QED) is 0.873. The summed E-state index contributed by atoms with van der Waals surface area (Å²) in [5.74, 6) is -0.158. The van der Waals surface area contributed by atoms with Crippen LogP contribution in [-0.4, -0.2) is 11.9 Å². The van der Waals surface area contributed by atoms with Crippen LogP contribution in [0.1, 0.15) is 29.7 Å². The van der Waals surface area contributed by atoms with Crippen molar-refractivity contribution in [2.24, 2.45) is 5.73 Å². The van der Waals surface area contributed by atoms with E-state index in [2.05, 4.69) is 26.9 Å². The number of benzene rings is 2. The zero-order chi connectivity index (χ0) is 15.4. The Hall–Kier alpha value is -1.23. The maximum atomic E-state index is 13.9. The van der Waals surface area contributed by atoms with Crippen LogP contribution in [0.25, 0.3) is 0 Å². The first-order valence-corrected chi connectivity index (χ1v) is 7.74. The Bertz CT molecular complexity index is 615. The Kier molecular flexibility index (Phi) is 5.51. The molecule has 0 bridgehead atoms. The molecule has 112 valence electrons. The van der Waals surface area contributed by atoms with Crippen molar-refractivity contribution in [2.45, 2.75) is 26.1 Å². The molecule has 0 aliphatic carbocycles. The van der Waals surface area contributed by atoms with E-state index in [0.717, 1.165) is 27.7 Å². The van der Waals surface area contributed by atoms with E-state index in [0.29, 0.717) is 6.54 Å². The normalized spacial score (nSPS) is 12.7. The van der Waals surface area contributed by atoms with E-state index in [-0.39, 0.29) is 11.9 Å². The van der Waals surface area contributed by atoms with Crippen molar-refractivity contribution in [3.63, 3.8) is 0 Å². The van der Waals surface area contributed by atoms with Crippen LogP contribution in [-0.2, 0) is 13.1 Å². The molecule has 21 heavy (non-hydrogen) atoms. The highest BCUT2D eigenvalue weighted by Crippen LogP contribution is 2.26. The number of hydrogen-bond donors (Lipinski definition) is 1. The van der Waals surface area contributed by atoms with Gasteiger partial charge in [-0.2, -0.15) is 0 Å². The maximum absolute atomic E-state index is 13.9. The molecular weight excluding hydrogens is 331 g/mol. The monoisotopic (exact) mass is 350 g/mol. The molecule has 0 aliphatic heterocycles. The second-order valence-corrected chi connectivity index (χ2v) is 6.10. The topological polar surface area (TPSA) is 29.3 Å². The van der Waals surface area contributed by atoms with Gasteiger partial charge in [-0.05, 0) is 37.2 Å². The van der Waals surface area contributed by atoms with Crippen LogP contribution in [0.4, 0.5) is 4.39 Å². The van der Waals surface area contributed by atoms with Gasteiger partial charge in [0.05, 0.1) is 0 Å². The number of nitrogens with two attached hydrogens (primary N) is 1. The first-order valence-electron chi connectivity index (χ1n) is 6.95. The zero-order valence-corrected chi connectivity index (χ0v) is 13.9. The molecule has 0 saturated carbocycles. The molecule has 0 fully saturated rings. The van der Waals surface area contributed by atoms with Gasteiger partial charge >= 0.3 is 0 Å². The number of hydrogen-bond acceptors (Lipinski definition) is 2. The minimum Gasteiger partial charge on any atom is -0.326 e. The molecule has 0 heterocycles. The Morgan fingerprint density at radius 3 is 2.57 bits per heavy atom. The average Bonchev–Trinajstić information content (AvgIpc) is 2.49. The molecule has 1 atom stereocenters. The Balaban J connectivity index is 2.14. The van der Waals surface area contributed by atoms with E-state index in [9.17, 15) is 4.39 Å². The smallest absolute Gasteiger partial charge is 0.127 e. The predicted molar refractivity (Wildman–Crippen MR) is 88.3 cm³/mol. The van der Waals surface area contributed by atoms with Crippen molar-refractivity contribution >= 4 is 15.9 Å². The Morgan fingerprint density at radius 2 is 1.95 bits per heavy atom. The molecule has 0 spiro atoms. The molecule has 0 aromatic heterocycles. The lowest BCUT2D eigenvalue weighted by molar-refractivity contribution is 0.247. The third-order valence-corrected chi connectivity index (χ3v) is 4.53. The number of nitrogens with zero attached hydrogens (tertiary/aromatic N) is 1. The third kappa shape index (κ3) is 3.90. The first kappa shape index (κ1) is 16.1. The molecule has 2 N–H and O–H groups in total. The van der Waals surface area contributed by atoms with Crippen molar-refractivity contribution in [1.82, 2.24) is 4.90 Å². The van der Waals surface area contributed by atoms with Gasteiger partial charge in [0.15, 0.2) is 0 Å². The first-order chi connectivity index (χ1) is 10.0. The fourth-order valence-electron chi connectivity index (χ4n) is 2.30. The van der Waals surface area contributed by atoms with E-state index in [1.54, 1.807) is 6.07 Å².